The zero-order valence-corrected chi connectivity index (χ0v) is 26.2. The van der Waals surface area contributed by atoms with Crippen LogP contribution in [-0.4, -0.2) is 15.0 Å². The fourth-order valence-corrected chi connectivity index (χ4v) is 6.63. The highest BCUT2D eigenvalue weighted by Gasteiger charge is 2.17. The van der Waals surface area contributed by atoms with Gasteiger partial charge in [-0.1, -0.05) is 133 Å². The first kappa shape index (κ1) is 28.3. The SMILES string of the molecule is N#Cc1ccccc1-c1ccc(-c2nc(-c3ccc4c(c3)oc3cccc(-c5ccccc5)c34)nc(-c3cccc4ccccc34)n2)cc1. The van der Waals surface area contributed by atoms with Crippen LogP contribution in [-0.2, 0) is 0 Å². The van der Waals surface area contributed by atoms with Gasteiger partial charge in [0.1, 0.15) is 11.2 Å². The average Bonchev–Trinajstić information content (AvgIpc) is 3.56. The van der Waals surface area contributed by atoms with E-state index in [0.29, 0.717) is 23.0 Å². The minimum Gasteiger partial charge on any atom is -0.456 e. The molecule has 7 aromatic carbocycles. The Labute approximate surface area is 282 Å². The van der Waals surface area contributed by atoms with Gasteiger partial charge in [-0.05, 0) is 57.3 Å². The van der Waals surface area contributed by atoms with E-state index >= 15 is 0 Å². The van der Waals surface area contributed by atoms with Crippen LogP contribution in [0.4, 0.5) is 0 Å². The van der Waals surface area contributed by atoms with Gasteiger partial charge in [-0.15, -0.1) is 0 Å². The van der Waals surface area contributed by atoms with E-state index in [1.165, 1.54) is 0 Å². The van der Waals surface area contributed by atoms with Crippen molar-refractivity contribution < 1.29 is 4.42 Å². The molecule has 0 spiro atoms. The monoisotopic (exact) mass is 626 g/mol. The highest BCUT2D eigenvalue weighted by atomic mass is 16.3. The van der Waals surface area contributed by atoms with E-state index < -0.39 is 0 Å². The summed E-state index contributed by atoms with van der Waals surface area (Å²) in [6.07, 6.45) is 0. The van der Waals surface area contributed by atoms with Gasteiger partial charge in [-0.25, -0.2) is 15.0 Å². The minimum atomic E-state index is 0.553. The van der Waals surface area contributed by atoms with E-state index in [2.05, 4.69) is 72.8 Å². The summed E-state index contributed by atoms with van der Waals surface area (Å²) in [6.45, 7) is 0. The first-order chi connectivity index (χ1) is 24.2. The Morgan fingerprint density at radius 3 is 1.90 bits per heavy atom. The van der Waals surface area contributed by atoms with Crippen LogP contribution in [0.2, 0.25) is 0 Å². The third-order valence-electron chi connectivity index (χ3n) is 9.01. The highest BCUT2D eigenvalue weighted by Crippen LogP contribution is 2.38. The van der Waals surface area contributed by atoms with Gasteiger partial charge >= 0.3 is 0 Å². The van der Waals surface area contributed by atoms with Crippen molar-refractivity contribution >= 4 is 32.7 Å². The van der Waals surface area contributed by atoms with Crippen molar-refractivity contribution in [2.45, 2.75) is 0 Å². The third kappa shape index (κ3) is 5.00. The molecule has 0 aliphatic carbocycles. The molecule has 2 heterocycles. The van der Waals surface area contributed by atoms with Crippen molar-refractivity contribution in [3.05, 3.63) is 163 Å². The molecule has 0 unspecified atom stereocenters. The standard InChI is InChI=1S/C44H26N4O/c45-27-33-13-5-6-15-34(33)30-20-22-31(23-21-30)42-46-43(48-44(47-42)37-18-8-14-28-12-4-7-16-35(28)37)32-24-25-38-40(26-32)49-39-19-9-17-36(41(38)39)29-10-2-1-3-11-29/h1-26H. The molecular formula is C44H26N4O. The van der Waals surface area contributed by atoms with E-state index in [9.17, 15) is 5.26 Å². The molecule has 0 bridgehead atoms. The Morgan fingerprint density at radius 1 is 0.429 bits per heavy atom. The number of rotatable bonds is 5. The van der Waals surface area contributed by atoms with Crippen molar-refractivity contribution in [1.29, 1.82) is 5.26 Å². The first-order valence-electron chi connectivity index (χ1n) is 16.1. The lowest BCUT2D eigenvalue weighted by atomic mass is 9.99. The second-order valence-electron chi connectivity index (χ2n) is 11.9. The number of nitrogens with zero attached hydrogens (tertiary/aromatic N) is 4. The van der Waals surface area contributed by atoms with Crippen molar-refractivity contribution in [2.75, 3.05) is 0 Å². The van der Waals surface area contributed by atoms with Crippen LogP contribution in [0.1, 0.15) is 5.56 Å². The van der Waals surface area contributed by atoms with Crippen LogP contribution in [0.15, 0.2) is 162 Å². The number of furan rings is 1. The summed E-state index contributed by atoms with van der Waals surface area (Å²) in [5, 5.41) is 14.0. The quantitative estimate of drug-likeness (QED) is 0.190. The second-order valence-corrected chi connectivity index (χ2v) is 11.9. The smallest absolute Gasteiger partial charge is 0.164 e. The molecular weight excluding hydrogens is 601 g/mol. The summed E-state index contributed by atoms with van der Waals surface area (Å²) in [5.74, 6) is 1.70. The predicted molar refractivity (Wildman–Crippen MR) is 197 cm³/mol. The number of benzene rings is 7. The zero-order valence-electron chi connectivity index (χ0n) is 26.2. The van der Waals surface area contributed by atoms with Crippen LogP contribution < -0.4 is 0 Å². The van der Waals surface area contributed by atoms with Crippen molar-refractivity contribution in [2.24, 2.45) is 0 Å². The van der Waals surface area contributed by atoms with Gasteiger partial charge in [0.05, 0.1) is 11.6 Å². The molecule has 0 saturated carbocycles. The lowest BCUT2D eigenvalue weighted by Crippen LogP contribution is -2.00. The molecule has 9 rings (SSSR count). The Kier molecular flexibility index (Phi) is 6.78. The van der Waals surface area contributed by atoms with Gasteiger partial charge in [0.2, 0.25) is 0 Å². The van der Waals surface area contributed by atoms with Gasteiger partial charge in [0, 0.05) is 27.5 Å². The summed E-state index contributed by atoms with van der Waals surface area (Å²) in [5.41, 5.74) is 8.96. The molecule has 5 heteroatoms. The van der Waals surface area contributed by atoms with Crippen molar-refractivity contribution in [1.82, 2.24) is 15.0 Å². The molecule has 0 radical (unpaired) electrons. The zero-order chi connectivity index (χ0) is 32.7. The molecule has 9 aromatic rings. The number of nitriles is 1. The maximum Gasteiger partial charge on any atom is 0.164 e. The first-order valence-corrected chi connectivity index (χ1v) is 16.1. The number of aromatic nitrogens is 3. The maximum atomic E-state index is 9.65. The molecule has 0 N–H and O–H groups in total. The molecule has 2 aromatic heterocycles. The molecule has 228 valence electrons. The van der Waals surface area contributed by atoms with Gasteiger partial charge in [0.15, 0.2) is 17.5 Å². The van der Waals surface area contributed by atoms with Gasteiger partial charge in [-0.3, -0.25) is 0 Å². The summed E-state index contributed by atoms with van der Waals surface area (Å²) in [4.78, 5) is 15.1. The molecule has 0 atom stereocenters. The summed E-state index contributed by atoms with van der Waals surface area (Å²) in [7, 11) is 0. The largest absolute Gasteiger partial charge is 0.456 e. The van der Waals surface area contributed by atoms with Gasteiger partial charge in [-0.2, -0.15) is 5.26 Å². The minimum absolute atomic E-state index is 0.553. The van der Waals surface area contributed by atoms with Crippen molar-refractivity contribution in [3.63, 3.8) is 0 Å². The second kappa shape index (κ2) is 11.7. The summed E-state index contributed by atoms with van der Waals surface area (Å²) >= 11 is 0. The van der Waals surface area contributed by atoms with Crippen LogP contribution in [0.25, 0.3) is 89.1 Å². The van der Waals surface area contributed by atoms with Crippen LogP contribution in [0.5, 0.6) is 0 Å². The van der Waals surface area contributed by atoms with E-state index in [-0.39, 0.29) is 0 Å². The summed E-state index contributed by atoms with van der Waals surface area (Å²) in [6, 6.07) is 55.2. The average molecular weight is 627 g/mol. The third-order valence-corrected chi connectivity index (χ3v) is 9.01. The maximum absolute atomic E-state index is 9.65. The van der Waals surface area contributed by atoms with E-state index in [4.69, 9.17) is 19.4 Å². The van der Waals surface area contributed by atoms with E-state index in [0.717, 1.165) is 71.7 Å². The van der Waals surface area contributed by atoms with Crippen LogP contribution in [0, 0.1) is 11.3 Å². The highest BCUT2D eigenvalue weighted by molar-refractivity contribution is 6.13. The fraction of sp³-hybridized carbons (Fsp3) is 0. The predicted octanol–water partition coefficient (Wildman–Crippen LogP) is 11.1. The van der Waals surface area contributed by atoms with Crippen LogP contribution in [0.3, 0.4) is 0 Å². The van der Waals surface area contributed by atoms with Gasteiger partial charge in [0.25, 0.3) is 0 Å². The normalized spacial score (nSPS) is 11.2. The Morgan fingerprint density at radius 2 is 1.04 bits per heavy atom. The summed E-state index contributed by atoms with van der Waals surface area (Å²) < 4.78 is 6.44. The Balaban J connectivity index is 1.21. The number of hydrogen-bond acceptors (Lipinski definition) is 5. The van der Waals surface area contributed by atoms with E-state index in [1.54, 1.807) is 0 Å². The lowest BCUT2D eigenvalue weighted by Gasteiger charge is -2.11. The van der Waals surface area contributed by atoms with Gasteiger partial charge < -0.3 is 4.42 Å². The number of fused-ring (bicyclic) bond motifs is 4. The van der Waals surface area contributed by atoms with Crippen molar-refractivity contribution in [3.8, 4) is 62.5 Å². The molecule has 0 fully saturated rings. The van der Waals surface area contributed by atoms with E-state index in [1.807, 2.05) is 91.0 Å². The topological polar surface area (TPSA) is 75.6 Å². The molecule has 0 saturated heterocycles. The van der Waals surface area contributed by atoms with Crippen LogP contribution >= 0.6 is 0 Å². The molecule has 0 aliphatic rings. The lowest BCUT2D eigenvalue weighted by molar-refractivity contribution is 0.669. The molecule has 0 amide bonds. The molecule has 5 nitrogen and oxygen atoms in total. The molecule has 0 aliphatic heterocycles. The Hall–Kier alpha value is -6.90. The fourth-order valence-electron chi connectivity index (χ4n) is 6.63. The number of hydrogen-bond donors (Lipinski definition) is 0. The Bertz CT molecular complexity index is 2720. The molecule has 49 heavy (non-hydrogen) atoms.